The van der Waals surface area contributed by atoms with Crippen LogP contribution in [0.3, 0.4) is 0 Å². The minimum atomic E-state index is -0.140. The third kappa shape index (κ3) is 3.36. The maximum Gasteiger partial charge on any atom is 0.251 e. The zero-order valence-electron chi connectivity index (χ0n) is 12.9. The average Bonchev–Trinajstić information content (AvgIpc) is 2.49. The summed E-state index contributed by atoms with van der Waals surface area (Å²) < 4.78 is 5.31. The summed E-state index contributed by atoms with van der Waals surface area (Å²) in [6, 6.07) is 9.20. The third-order valence-electron chi connectivity index (χ3n) is 3.61. The van der Waals surface area contributed by atoms with Gasteiger partial charge in [-0.15, -0.1) is 12.6 Å². The van der Waals surface area contributed by atoms with Gasteiger partial charge in [0.15, 0.2) is 0 Å². The molecule has 0 aromatic heterocycles. The monoisotopic (exact) mass is 316 g/mol. The van der Waals surface area contributed by atoms with Gasteiger partial charge in [0.05, 0.1) is 7.11 Å². The van der Waals surface area contributed by atoms with Crippen LogP contribution in [0, 0.1) is 13.8 Å². The molecule has 0 spiro atoms. The molecule has 2 rings (SSSR count). The molecule has 116 valence electrons. The molecule has 0 bridgehead atoms. The Balaban J connectivity index is 2.19. The van der Waals surface area contributed by atoms with Crippen LogP contribution in [-0.4, -0.2) is 13.0 Å². The number of methoxy groups -OCH3 is 1. The minimum absolute atomic E-state index is 0.140. The smallest absolute Gasteiger partial charge is 0.251 e. The van der Waals surface area contributed by atoms with Crippen molar-refractivity contribution in [3.05, 3.63) is 52.6 Å². The van der Waals surface area contributed by atoms with Gasteiger partial charge in [-0.3, -0.25) is 4.79 Å². The van der Waals surface area contributed by atoms with E-state index in [1.807, 2.05) is 44.2 Å². The van der Waals surface area contributed by atoms with Crippen molar-refractivity contribution in [1.82, 2.24) is 5.32 Å². The molecule has 0 aliphatic carbocycles. The molecule has 22 heavy (non-hydrogen) atoms. The number of hydrogen-bond donors (Lipinski definition) is 3. The van der Waals surface area contributed by atoms with Gasteiger partial charge in [-0.2, -0.15) is 0 Å². The Morgan fingerprint density at radius 1 is 1.27 bits per heavy atom. The van der Waals surface area contributed by atoms with Gasteiger partial charge >= 0.3 is 0 Å². The highest BCUT2D eigenvalue weighted by Crippen LogP contribution is 2.25. The molecule has 5 heteroatoms. The molecular weight excluding hydrogens is 296 g/mol. The number of amides is 1. The topological polar surface area (TPSA) is 64.3 Å². The Kier molecular flexibility index (Phi) is 4.98. The zero-order chi connectivity index (χ0) is 16.3. The molecule has 0 fully saturated rings. The van der Waals surface area contributed by atoms with E-state index in [-0.39, 0.29) is 5.91 Å². The highest BCUT2D eigenvalue weighted by Gasteiger charge is 2.13. The lowest BCUT2D eigenvalue weighted by molar-refractivity contribution is 0.0949. The van der Waals surface area contributed by atoms with E-state index in [9.17, 15) is 4.79 Å². The maximum atomic E-state index is 12.4. The van der Waals surface area contributed by atoms with E-state index in [1.165, 1.54) is 0 Å². The fourth-order valence-electron chi connectivity index (χ4n) is 2.27. The first-order valence-corrected chi connectivity index (χ1v) is 7.38. The molecule has 0 saturated carbocycles. The number of hydrogen-bond acceptors (Lipinski definition) is 4. The third-order valence-corrected chi connectivity index (χ3v) is 4.03. The van der Waals surface area contributed by atoms with Crippen LogP contribution in [0.4, 0.5) is 5.69 Å². The minimum Gasteiger partial charge on any atom is -0.496 e. The average molecular weight is 316 g/mol. The Labute approximate surface area is 136 Å². The molecule has 0 heterocycles. The number of ether oxygens (including phenoxy) is 1. The summed E-state index contributed by atoms with van der Waals surface area (Å²) in [6.07, 6.45) is 0. The maximum absolute atomic E-state index is 12.4. The number of carbonyl (C=O) groups is 1. The lowest BCUT2D eigenvalue weighted by Crippen LogP contribution is -2.24. The second kappa shape index (κ2) is 6.75. The van der Waals surface area contributed by atoms with Gasteiger partial charge in [-0.25, -0.2) is 0 Å². The Morgan fingerprint density at radius 2 is 2.00 bits per heavy atom. The summed E-state index contributed by atoms with van der Waals surface area (Å²) in [5.41, 5.74) is 9.77. The van der Waals surface area contributed by atoms with Crippen molar-refractivity contribution in [3.8, 4) is 5.75 Å². The number of nitrogens with two attached hydrogens (primary N) is 1. The lowest BCUT2D eigenvalue weighted by atomic mass is 10.0. The summed E-state index contributed by atoms with van der Waals surface area (Å²) in [6.45, 7) is 4.11. The largest absolute Gasteiger partial charge is 0.496 e. The molecule has 4 nitrogen and oxygen atoms in total. The van der Waals surface area contributed by atoms with Crippen molar-refractivity contribution in [2.75, 3.05) is 12.8 Å². The summed E-state index contributed by atoms with van der Waals surface area (Å²) in [4.78, 5) is 13.2. The van der Waals surface area contributed by atoms with Crippen LogP contribution in [-0.2, 0) is 6.54 Å². The Hall–Kier alpha value is -2.14. The van der Waals surface area contributed by atoms with Gasteiger partial charge in [0.1, 0.15) is 5.75 Å². The first-order valence-electron chi connectivity index (χ1n) is 6.93. The number of aryl methyl sites for hydroxylation is 2. The quantitative estimate of drug-likeness (QED) is 0.600. The number of nitrogen functional groups attached to an aromatic ring is 1. The van der Waals surface area contributed by atoms with E-state index in [4.69, 9.17) is 10.5 Å². The standard InChI is InChI=1S/C17H20N2O2S/c1-10-8-14(18)11(2)7-12(10)17(20)19-9-13-15(21-3)5-4-6-16(13)22/h4-8,22H,9,18H2,1-3H3,(H,19,20). The highest BCUT2D eigenvalue weighted by molar-refractivity contribution is 7.80. The number of benzene rings is 2. The second-order valence-corrected chi connectivity index (χ2v) is 5.65. The predicted octanol–water partition coefficient (Wildman–Crippen LogP) is 3.11. The van der Waals surface area contributed by atoms with Gasteiger partial charge in [-0.1, -0.05) is 6.07 Å². The lowest BCUT2D eigenvalue weighted by Gasteiger charge is -2.13. The van der Waals surface area contributed by atoms with E-state index >= 15 is 0 Å². The fourth-order valence-corrected chi connectivity index (χ4v) is 2.55. The van der Waals surface area contributed by atoms with Crippen LogP contribution >= 0.6 is 12.6 Å². The normalized spacial score (nSPS) is 10.4. The van der Waals surface area contributed by atoms with Crippen molar-refractivity contribution < 1.29 is 9.53 Å². The van der Waals surface area contributed by atoms with E-state index in [2.05, 4.69) is 17.9 Å². The summed E-state index contributed by atoms with van der Waals surface area (Å²) in [5, 5.41) is 2.91. The number of rotatable bonds is 4. The molecule has 0 aliphatic heterocycles. The van der Waals surface area contributed by atoms with Gasteiger partial charge in [0.25, 0.3) is 5.91 Å². The second-order valence-electron chi connectivity index (χ2n) is 5.16. The molecule has 1 amide bonds. The highest BCUT2D eigenvalue weighted by atomic mass is 32.1. The van der Waals surface area contributed by atoms with Crippen molar-refractivity contribution in [2.24, 2.45) is 0 Å². The summed E-state index contributed by atoms with van der Waals surface area (Å²) in [7, 11) is 1.60. The van der Waals surface area contributed by atoms with Crippen LogP contribution in [0.2, 0.25) is 0 Å². The zero-order valence-corrected chi connectivity index (χ0v) is 13.8. The van der Waals surface area contributed by atoms with Crippen LogP contribution in [0.5, 0.6) is 5.75 Å². The van der Waals surface area contributed by atoms with Crippen molar-refractivity contribution >= 4 is 24.2 Å². The van der Waals surface area contributed by atoms with E-state index in [0.717, 1.165) is 21.6 Å². The molecule has 0 atom stereocenters. The van der Waals surface area contributed by atoms with Crippen molar-refractivity contribution in [2.45, 2.75) is 25.3 Å². The Bertz CT molecular complexity index is 714. The molecule has 3 N–H and O–H groups in total. The van der Waals surface area contributed by atoms with Crippen LogP contribution in [0.15, 0.2) is 35.2 Å². The number of carbonyl (C=O) groups excluding carboxylic acids is 1. The molecule has 0 aliphatic rings. The summed E-state index contributed by atoms with van der Waals surface area (Å²) in [5.74, 6) is 0.567. The first-order chi connectivity index (χ1) is 10.4. The number of thiol groups is 1. The van der Waals surface area contributed by atoms with Gasteiger partial charge in [-0.05, 0) is 49.2 Å². The van der Waals surface area contributed by atoms with Crippen LogP contribution in [0.1, 0.15) is 27.0 Å². The van der Waals surface area contributed by atoms with Crippen LogP contribution < -0.4 is 15.8 Å². The SMILES string of the molecule is COc1cccc(S)c1CNC(=O)c1cc(C)c(N)cc1C. The van der Waals surface area contributed by atoms with Crippen LogP contribution in [0.25, 0.3) is 0 Å². The summed E-state index contributed by atoms with van der Waals surface area (Å²) >= 11 is 4.41. The predicted molar refractivity (Wildman–Crippen MR) is 91.7 cm³/mol. The van der Waals surface area contributed by atoms with Gasteiger partial charge in [0, 0.05) is 28.3 Å². The van der Waals surface area contributed by atoms with Gasteiger partial charge in [0.2, 0.25) is 0 Å². The van der Waals surface area contributed by atoms with Crippen molar-refractivity contribution in [1.29, 1.82) is 0 Å². The molecule has 0 radical (unpaired) electrons. The van der Waals surface area contributed by atoms with Gasteiger partial charge < -0.3 is 15.8 Å². The Morgan fingerprint density at radius 3 is 2.68 bits per heavy atom. The van der Waals surface area contributed by atoms with Crippen molar-refractivity contribution in [3.63, 3.8) is 0 Å². The molecule has 0 saturated heterocycles. The van der Waals surface area contributed by atoms with E-state index in [0.29, 0.717) is 23.5 Å². The first kappa shape index (κ1) is 16.2. The number of anilines is 1. The number of nitrogens with one attached hydrogen (secondary N) is 1. The molecule has 2 aromatic rings. The van der Waals surface area contributed by atoms with E-state index in [1.54, 1.807) is 7.11 Å². The molecular formula is C17H20N2O2S. The molecule has 0 unspecified atom stereocenters. The van der Waals surface area contributed by atoms with E-state index < -0.39 is 0 Å². The molecule has 2 aromatic carbocycles. The fraction of sp³-hybridized carbons (Fsp3) is 0.235.